The molecule has 0 saturated heterocycles. The number of amides is 1. The Morgan fingerprint density at radius 3 is 2.62 bits per heavy atom. The smallest absolute Gasteiger partial charge is 0.269 e. The molecule has 1 aromatic heterocycles. The van der Waals surface area contributed by atoms with E-state index in [1.54, 1.807) is 24.3 Å². The molecule has 1 heterocycles. The highest BCUT2D eigenvalue weighted by atomic mass is 35.5. The van der Waals surface area contributed by atoms with Crippen LogP contribution in [-0.2, 0) is 0 Å². The Hall–Kier alpha value is -1.79. The Morgan fingerprint density at radius 2 is 2.00 bits per heavy atom. The van der Waals surface area contributed by atoms with Crippen molar-refractivity contribution in [3.8, 4) is 0 Å². The van der Waals surface area contributed by atoms with E-state index in [0.29, 0.717) is 20.7 Å². The third-order valence-electron chi connectivity index (χ3n) is 2.46. The lowest BCUT2D eigenvalue weighted by Gasteiger charge is -2.19. The number of carbonyl (C=O) groups excluding carboxylic acids is 1. The lowest BCUT2D eigenvalue weighted by Crippen LogP contribution is -2.25. The quantitative estimate of drug-likeness (QED) is 0.801. The van der Waals surface area contributed by atoms with Crippen molar-refractivity contribution in [1.82, 2.24) is 4.98 Å². The van der Waals surface area contributed by atoms with Crippen LogP contribution in [0.4, 0.5) is 16.6 Å². The zero-order chi connectivity index (χ0) is 15.6. The number of para-hydroxylation sites is 1. The van der Waals surface area contributed by atoms with Crippen molar-refractivity contribution < 1.29 is 4.79 Å². The predicted octanol–water partition coefficient (Wildman–Crippen LogP) is 3.84. The number of thiazole rings is 1. The molecular weight excluding hydrogens is 308 g/mol. The highest BCUT2D eigenvalue weighted by Gasteiger charge is 2.19. The number of hydrogen-bond acceptors (Lipinski definition) is 5. The summed E-state index contributed by atoms with van der Waals surface area (Å²) in [6.07, 6.45) is 0. The number of rotatable bonds is 3. The van der Waals surface area contributed by atoms with Gasteiger partial charge in [0.1, 0.15) is 10.7 Å². The van der Waals surface area contributed by atoms with Crippen molar-refractivity contribution in [3.05, 3.63) is 34.2 Å². The number of aromatic nitrogens is 1. The number of halogens is 1. The molecule has 112 valence electrons. The van der Waals surface area contributed by atoms with Crippen LogP contribution in [0.5, 0.6) is 0 Å². The molecule has 7 heteroatoms. The second-order valence-corrected chi connectivity index (χ2v) is 6.95. The van der Waals surface area contributed by atoms with Gasteiger partial charge in [0, 0.05) is 5.54 Å². The molecule has 2 rings (SSSR count). The van der Waals surface area contributed by atoms with Crippen LogP contribution in [0.1, 0.15) is 30.4 Å². The number of nitrogens with zero attached hydrogens (tertiary/aromatic N) is 1. The zero-order valence-electron chi connectivity index (χ0n) is 12.0. The van der Waals surface area contributed by atoms with Gasteiger partial charge >= 0.3 is 0 Å². The molecule has 0 fully saturated rings. The number of carbonyl (C=O) groups is 1. The minimum Gasteiger partial charge on any atom is -0.382 e. The second kappa shape index (κ2) is 5.91. The van der Waals surface area contributed by atoms with Gasteiger partial charge in [0.15, 0.2) is 5.13 Å². The lowest BCUT2D eigenvalue weighted by atomic mass is 10.1. The van der Waals surface area contributed by atoms with Crippen LogP contribution in [-0.4, -0.2) is 16.4 Å². The van der Waals surface area contributed by atoms with Gasteiger partial charge in [-0.3, -0.25) is 4.79 Å². The molecule has 0 atom stereocenters. The van der Waals surface area contributed by atoms with E-state index in [2.05, 4.69) is 15.6 Å². The van der Waals surface area contributed by atoms with Crippen molar-refractivity contribution in [1.29, 1.82) is 0 Å². The Kier molecular flexibility index (Phi) is 4.39. The number of nitrogen functional groups attached to an aromatic ring is 1. The van der Waals surface area contributed by atoms with Gasteiger partial charge in [-0.15, -0.1) is 0 Å². The van der Waals surface area contributed by atoms with Gasteiger partial charge in [0.2, 0.25) is 0 Å². The summed E-state index contributed by atoms with van der Waals surface area (Å²) in [5.41, 5.74) is 6.21. The number of nitrogens with two attached hydrogens (primary N) is 1. The van der Waals surface area contributed by atoms with Crippen molar-refractivity contribution in [2.75, 3.05) is 16.4 Å². The first kappa shape index (κ1) is 15.6. The molecule has 1 amide bonds. The second-order valence-electron chi connectivity index (χ2n) is 5.54. The molecule has 0 aliphatic carbocycles. The van der Waals surface area contributed by atoms with Crippen molar-refractivity contribution >= 4 is 45.5 Å². The van der Waals surface area contributed by atoms with E-state index in [1.165, 1.54) is 11.3 Å². The molecule has 0 aliphatic heterocycles. The van der Waals surface area contributed by atoms with Gasteiger partial charge in [-0.05, 0) is 32.9 Å². The minimum atomic E-state index is -0.319. The maximum absolute atomic E-state index is 12.3. The number of nitrogens with one attached hydrogen (secondary N) is 2. The summed E-state index contributed by atoms with van der Waals surface area (Å²) in [7, 11) is 0. The van der Waals surface area contributed by atoms with Gasteiger partial charge in [0.05, 0.1) is 10.7 Å². The van der Waals surface area contributed by atoms with Crippen LogP contribution in [0, 0.1) is 0 Å². The fourth-order valence-electron chi connectivity index (χ4n) is 1.61. The van der Waals surface area contributed by atoms with Gasteiger partial charge in [-0.25, -0.2) is 4.98 Å². The molecule has 0 unspecified atom stereocenters. The molecule has 2 aromatic rings. The molecule has 0 aliphatic rings. The monoisotopic (exact) mass is 324 g/mol. The van der Waals surface area contributed by atoms with E-state index >= 15 is 0 Å². The third kappa shape index (κ3) is 4.09. The first-order valence-corrected chi connectivity index (χ1v) is 7.56. The van der Waals surface area contributed by atoms with Crippen LogP contribution < -0.4 is 16.4 Å². The van der Waals surface area contributed by atoms with E-state index in [-0.39, 0.29) is 17.3 Å². The number of hydrogen-bond donors (Lipinski definition) is 3. The number of anilines is 3. The third-order valence-corrected chi connectivity index (χ3v) is 3.78. The summed E-state index contributed by atoms with van der Waals surface area (Å²) in [6.45, 7) is 6.02. The summed E-state index contributed by atoms with van der Waals surface area (Å²) < 4.78 is 0. The molecule has 21 heavy (non-hydrogen) atoms. The van der Waals surface area contributed by atoms with E-state index in [9.17, 15) is 4.79 Å². The number of benzene rings is 1. The topological polar surface area (TPSA) is 80.0 Å². The van der Waals surface area contributed by atoms with Gasteiger partial charge in [-0.1, -0.05) is 35.1 Å². The van der Waals surface area contributed by atoms with Gasteiger partial charge in [-0.2, -0.15) is 0 Å². The predicted molar refractivity (Wildman–Crippen MR) is 89.3 cm³/mol. The molecule has 0 spiro atoms. The fraction of sp³-hybridized carbons (Fsp3) is 0.286. The van der Waals surface area contributed by atoms with Crippen LogP contribution in [0.3, 0.4) is 0 Å². The molecule has 4 N–H and O–H groups in total. The normalized spacial score (nSPS) is 11.2. The van der Waals surface area contributed by atoms with Crippen LogP contribution >= 0.6 is 22.9 Å². The summed E-state index contributed by atoms with van der Waals surface area (Å²) in [6, 6.07) is 7.03. The van der Waals surface area contributed by atoms with Crippen molar-refractivity contribution in [3.63, 3.8) is 0 Å². The molecule has 0 radical (unpaired) electrons. The Balaban J connectivity index is 2.18. The zero-order valence-corrected chi connectivity index (χ0v) is 13.6. The molecule has 0 bridgehead atoms. The van der Waals surface area contributed by atoms with E-state index in [0.717, 1.165) is 0 Å². The fourth-order valence-corrected chi connectivity index (χ4v) is 2.78. The first-order chi connectivity index (χ1) is 9.76. The largest absolute Gasteiger partial charge is 0.382 e. The van der Waals surface area contributed by atoms with E-state index in [1.807, 2.05) is 20.8 Å². The van der Waals surface area contributed by atoms with Crippen LogP contribution in [0.15, 0.2) is 24.3 Å². The Labute approximate surface area is 132 Å². The average Bonchev–Trinajstić information content (AvgIpc) is 2.70. The summed E-state index contributed by atoms with van der Waals surface area (Å²) in [4.78, 5) is 16.8. The summed E-state index contributed by atoms with van der Waals surface area (Å²) >= 11 is 7.23. The molecule has 1 aromatic carbocycles. The molecule has 5 nitrogen and oxygen atoms in total. The maximum Gasteiger partial charge on any atom is 0.269 e. The highest BCUT2D eigenvalue weighted by molar-refractivity contribution is 7.18. The first-order valence-electron chi connectivity index (χ1n) is 6.36. The van der Waals surface area contributed by atoms with E-state index in [4.69, 9.17) is 17.3 Å². The van der Waals surface area contributed by atoms with Crippen LogP contribution in [0.2, 0.25) is 5.02 Å². The van der Waals surface area contributed by atoms with Gasteiger partial charge in [0.25, 0.3) is 5.91 Å². The Morgan fingerprint density at radius 1 is 1.33 bits per heavy atom. The minimum absolute atomic E-state index is 0.152. The van der Waals surface area contributed by atoms with Gasteiger partial charge < -0.3 is 16.4 Å². The van der Waals surface area contributed by atoms with E-state index < -0.39 is 0 Å². The lowest BCUT2D eigenvalue weighted by molar-refractivity contribution is 0.103. The highest BCUT2D eigenvalue weighted by Crippen LogP contribution is 2.29. The summed E-state index contributed by atoms with van der Waals surface area (Å²) in [5.74, 6) is -0.114. The molecule has 0 saturated carbocycles. The van der Waals surface area contributed by atoms with Crippen molar-refractivity contribution in [2.45, 2.75) is 26.3 Å². The SMILES string of the molecule is CC(C)(C)Nc1nc(N)c(C(=O)Nc2ccccc2Cl)s1. The average molecular weight is 325 g/mol. The summed E-state index contributed by atoms with van der Waals surface area (Å²) in [5, 5.41) is 7.02. The maximum atomic E-state index is 12.3. The standard InChI is InChI=1S/C14H17ClN4OS/c1-14(2,3)19-13-18-11(16)10(21-13)12(20)17-9-7-5-4-6-8(9)15/h4-7H,16H2,1-3H3,(H,17,20)(H,18,19). The van der Waals surface area contributed by atoms with Crippen molar-refractivity contribution in [2.24, 2.45) is 0 Å². The Bertz CT molecular complexity index is 663. The molecular formula is C14H17ClN4OS. The van der Waals surface area contributed by atoms with Crippen LogP contribution in [0.25, 0.3) is 0 Å².